The van der Waals surface area contributed by atoms with Crippen molar-refractivity contribution in [2.75, 3.05) is 11.9 Å². The number of H-pyrrole nitrogens is 1. The molecule has 0 saturated carbocycles. The number of carbonyl (C=O) groups is 2. The number of hydrogen-bond acceptors (Lipinski definition) is 4. The molecule has 7 heteroatoms. The zero-order valence-electron chi connectivity index (χ0n) is 12.2. The molecule has 3 heterocycles. The number of hydrogen-bond donors (Lipinski definition) is 3. The van der Waals surface area contributed by atoms with E-state index < -0.39 is 0 Å². The third-order valence-electron chi connectivity index (χ3n) is 3.82. The first-order valence-electron chi connectivity index (χ1n) is 7.37. The van der Waals surface area contributed by atoms with Crippen LogP contribution in [0.5, 0.6) is 0 Å². The first kappa shape index (κ1) is 14.0. The van der Waals surface area contributed by atoms with Gasteiger partial charge in [-0.2, -0.15) is 0 Å². The lowest BCUT2D eigenvalue weighted by Crippen LogP contribution is -2.21. The van der Waals surface area contributed by atoms with Gasteiger partial charge in [-0.05, 0) is 36.4 Å². The Morgan fingerprint density at radius 3 is 3.13 bits per heavy atom. The standard InChI is InChI=1S/C16H14N4O2S/c21-14(10-4-3-9-5-7-17-12(9)8-10)20-16-19-11-2-1-6-18-15(22)13(11)23-16/h3-5,7-8,17H,1-2,6H2,(H,18,22)(H,19,20,21). The molecule has 0 bridgehead atoms. The minimum atomic E-state index is -0.231. The van der Waals surface area contributed by atoms with Crippen LogP contribution in [0.4, 0.5) is 5.13 Å². The second-order valence-corrected chi connectivity index (χ2v) is 6.39. The summed E-state index contributed by atoms with van der Waals surface area (Å²) in [4.78, 5) is 32.4. The molecule has 0 fully saturated rings. The lowest BCUT2D eigenvalue weighted by atomic mass is 10.1. The van der Waals surface area contributed by atoms with E-state index >= 15 is 0 Å². The van der Waals surface area contributed by atoms with Crippen molar-refractivity contribution < 1.29 is 9.59 Å². The van der Waals surface area contributed by atoms with E-state index in [-0.39, 0.29) is 11.8 Å². The Morgan fingerprint density at radius 2 is 2.22 bits per heavy atom. The summed E-state index contributed by atoms with van der Waals surface area (Å²) in [6, 6.07) is 7.42. The van der Waals surface area contributed by atoms with E-state index in [1.165, 1.54) is 11.3 Å². The average molecular weight is 326 g/mol. The number of aromatic nitrogens is 2. The van der Waals surface area contributed by atoms with Gasteiger partial charge in [-0.1, -0.05) is 17.4 Å². The van der Waals surface area contributed by atoms with Crippen LogP contribution in [0.2, 0.25) is 0 Å². The molecule has 23 heavy (non-hydrogen) atoms. The smallest absolute Gasteiger partial charge is 0.263 e. The molecule has 1 aromatic carbocycles. The molecule has 1 aliphatic heterocycles. The summed E-state index contributed by atoms with van der Waals surface area (Å²) < 4.78 is 0. The number of nitrogens with one attached hydrogen (secondary N) is 3. The number of aryl methyl sites for hydroxylation is 1. The fourth-order valence-corrected chi connectivity index (χ4v) is 3.57. The van der Waals surface area contributed by atoms with Gasteiger partial charge in [-0.25, -0.2) is 4.98 Å². The van der Waals surface area contributed by atoms with Crippen molar-refractivity contribution in [1.82, 2.24) is 15.3 Å². The maximum absolute atomic E-state index is 12.4. The lowest BCUT2D eigenvalue weighted by Gasteiger charge is -2.02. The summed E-state index contributed by atoms with van der Waals surface area (Å²) in [5, 5.41) is 7.14. The van der Waals surface area contributed by atoms with Gasteiger partial charge in [-0.15, -0.1) is 0 Å². The van der Waals surface area contributed by atoms with Crippen molar-refractivity contribution in [2.45, 2.75) is 12.8 Å². The maximum atomic E-state index is 12.4. The number of aromatic amines is 1. The van der Waals surface area contributed by atoms with E-state index in [0.717, 1.165) is 29.4 Å². The highest BCUT2D eigenvalue weighted by Crippen LogP contribution is 2.26. The number of rotatable bonds is 2. The van der Waals surface area contributed by atoms with Crippen LogP contribution in [0.15, 0.2) is 30.5 Å². The maximum Gasteiger partial charge on any atom is 0.263 e. The van der Waals surface area contributed by atoms with Gasteiger partial charge in [0.2, 0.25) is 0 Å². The van der Waals surface area contributed by atoms with Gasteiger partial charge in [0.25, 0.3) is 11.8 Å². The van der Waals surface area contributed by atoms with E-state index in [9.17, 15) is 9.59 Å². The topological polar surface area (TPSA) is 86.9 Å². The van der Waals surface area contributed by atoms with Crippen LogP contribution < -0.4 is 10.6 Å². The molecule has 116 valence electrons. The third kappa shape index (κ3) is 2.59. The fraction of sp³-hybridized carbons (Fsp3) is 0.188. The van der Waals surface area contributed by atoms with Crippen molar-refractivity contribution in [3.8, 4) is 0 Å². The molecule has 0 unspecified atom stereocenters. The minimum Gasteiger partial charge on any atom is -0.361 e. The fourth-order valence-electron chi connectivity index (χ4n) is 2.65. The van der Waals surface area contributed by atoms with Gasteiger partial charge in [0, 0.05) is 23.8 Å². The Balaban J connectivity index is 1.59. The number of anilines is 1. The molecule has 0 radical (unpaired) electrons. The van der Waals surface area contributed by atoms with Crippen molar-refractivity contribution >= 4 is 39.2 Å². The van der Waals surface area contributed by atoms with Crippen molar-refractivity contribution in [2.24, 2.45) is 0 Å². The second kappa shape index (κ2) is 5.51. The highest BCUT2D eigenvalue weighted by atomic mass is 32.1. The van der Waals surface area contributed by atoms with E-state index in [2.05, 4.69) is 20.6 Å². The Kier molecular flexibility index (Phi) is 3.34. The molecule has 1 aliphatic rings. The van der Waals surface area contributed by atoms with Gasteiger partial charge >= 0.3 is 0 Å². The quantitative estimate of drug-likeness (QED) is 0.676. The van der Waals surface area contributed by atoms with Crippen LogP contribution in [0.3, 0.4) is 0 Å². The largest absolute Gasteiger partial charge is 0.361 e. The molecule has 6 nitrogen and oxygen atoms in total. The molecule has 0 atom stereocenters. The monoisotopic (exact) mass is 326 g/mol. The molecular formula is C16H14N4O2S. The minimum absolute atomic E-state index is 0.108. The molecule has 0 spiro atoms. The molecule has 2 amide bonds. The van der Waals surface area contributed by atoms with Gasteiger partial charge in [0.05, 0.1) is 5.69 Å². The number of fused-ring (bicyclic) bond motifs is 2. The van der Waals surface area contributed by atoms with Crippen molar-refractivity contribution in [3.63, 3.8) is 0 Å². The predicted molar refractivity (Wildman–Crippen MR) is 89.0 cm³/mol. The zero-order valence-corrected chi connectivity index (χ0v) is 13.0. The highest BCUT2D eigenvalue weighted by molar-refractivity contribution is 7.17. The summed E-state index contributed by atoms with van der Waals surface area (Å²) >= 11 is 1.22. The van der Waals surface area contributed by atoms with Crippen LogP contribution in [0.1, 0.15) is 32.1 Å². The van der Waals surface area contributed by atoms with Gasteiger partial charge in [0.15, 0.2) is 5.13 Å². The summed E-state index contributed by atoms with van der Waals surface area (Å²) in [6.07, 6.45) is 3.44. The van der Waals surface area contributed by atoms with Crippen LogP contribution in [-0.4, -0.2) is 28.3 Å². The molecule has 3 aromatic rings. The van der Waals surface area contributed by atoms with Gasteiger partial charge in [-0.3, -0.25) is 14.9 Å². The Hall–Kier alpha value is -2.67. The summed E-state index contributed by atoms with van der Waals surface area (Å²) in [5.74, 6) is -0.339. The number of thiazole rings is 1. The normalized spacial score (nSPS) is 14.2. The first-order chi connectivity index (χ1) is 11.2. The van der Waals surface area contributed by atoms with Crippen LogP contribution in [0, 0.1) is 0 Å². The Labute approximate surface area is 135 Å². The Morgan fingerprint density at radius 1 is 1.30 bits per heavy atom. The van der Waals surface area contributed by atoms with Crippen molar-refractivity contribution in [3.05, 3.63) is 46.6 Å². The molecule has 3 N–H and O–H groups in total. The zero-order chi connectivity index (χ0) is 15.8. The summed E-state index contributed by atoms with van der Waals surface area (Å²) in [5.41, 5.74) is 2.22. The summed E-state index contributed by atoms with van der Waals surface area (Å²) in [7, 11) is 0. The highest BCUT2D eigenvalue weighted by Gasteiger charge is 2.21. The number of benzene rings is 1. The second-order valence-electron chi connectivity index (χ2n) is 5.39. The molecule has 0 aliphatic carbocycles. The van der Waals surface area contributed by atoms with Gasteiger partial charge in [0.1, 0.15) is 4.88 Å². The third-order valence-corrected chi connectivity index (χ3v) is 4.83. The molecular weight excluding hydrogens is 312 g/mol. The lowest BCUT2D eigenvalue weighted by molar-refractivity contribution is 0.0958. The molecule has 4 rings (SSSR count). The first-order valence-corrected chi connectivity index (χ1v) is 8.19. The number of carbonyl (C=O) groups excluding carboxylic acids is 2. The van der Waals surface area contributed by atoms with Crippen LogP contribution in [0.25, 0.3) is 10.9 Å². The van der Waals surface area contributed by atoms with Crippen LogP contribution in [-0.2, 0) is 6.42 Å². The van der Waals surface area contributed by atoms with E-state index in [1.807, 2.05) is 18.3 Å². The predicted octanol–water partition coefficient (Wildman–Crippen LogP) is 2.55. The summed E-state index contributed by atoms with van der Waals surface area (Å²) in [6.45, 7) is 0.666. The average Bonchev–Trinajstić information content (AvgIpc) is 3.13. The molecule has 2 aromatic heterocycles. The number of amides is 2. The van der Waals surface area contributed by atoms with Crippen LogP contribution >= 0.6 is 11.3 Å². The molecule has 0 saturated heterocycles. The van der Waals surface area contributed by atoms with Crippen molar-refractivity contribution in [1.29, 1.82) is 0 Å². The van der Waals surface area contributed by atoms with E-state index in [0.29, 0.717) is 22.1 Å². The van der Waals surface area contributed by atoms with Gasteiger partial charge < -0.3 is 10.3 Å². The van der Waals surface area contributed by atoms with E-state index in [1.54, 1.807) is 12.1 Å². The van der Waals surface area contributed by atoms with E-state index in [4.69, 9.17) is 0 Å². The Bertz CT molecular complexity index is 912. The SMILES string of the molecule is O=C(Nc1nc2c(s1)C(=O)NCCC2)c1ccc2cc[nH]c2c1. The number of nitrogens with zero attached hydrogens (tertiary/aromatic N) is 1.